The van der Waals surface area contributed by atoms with Crippen molar-refractivity contribution in [2.45, 2.75) is 129 Å². The fourth-order valence-electron chi connectivity index (χ4n) is 12.0. The Morgan fingerprint density at radius 1 is 1.09 bits per heavy atom. The highest BCUT2D eigenvalue weighted by Gasteiger charge is 2.54. The fourth-order valence-corrected chi connectivity index (χ4v) is 12.0. The van der Waals surface area contributed by atoms with Crippen LogP contribution < -0.4 is 21.1 Å². The first-order valence-corrected chi connectivity index (χ1v) is 24.8. The van der Waals surface area contributed by atoms with Gasteiger partial charge in [-0.25, -0.2) is 19.4 Å². The second-order valence-corrected chi connectivity index (χ2v) is 20.6. The Morgan fingerprint density at radius 3 is 2.57 bits per heavy atom. The topological polar surface area (TPSA) is 208 Å². The van der Waals surface area contributed by atoms with Gasteiger partial charge in [0.25, 0.3) is 0 Å². The SMILES string of the molecule is CO[C@@H](C[C@H](C)CC1=C(NCCN2CCN(C(=O)Oc3ccc4c(c3)CCC3C4CCC4(C)C(O)CCC34)CC2)C(=O)C=C(NC=O)C1=O)C1OO[C@@H](/C=C\C=C(C)C)C(OC(N)=O)/C(C)=C/[C@@H]1C. The molecule has 376 valence electrons. The summed E-state index contributed by atoms with van der Waals surface area (Å²) in [4.78, 5) is 80.0. The number of fused-ring (bicyclic) bond motifs is 5. The van der Waals surface area contributed by atoms with Crippen LogP contribution in [0.4, 0.5) is 9.59 Å². The van der Waals surface area contributed by atoms with Crippen LogP contribution in [0.3, 0.4) is 0 Å². The van der Waals surface area contributed by atoms with E-state index in [0.717, 1.165) is 55.7 Å². The standard InChI is InChI=1S/C53H73N5O11/c1-31(2)9-8-10-44-49(67-51(54)63)33(4)27-34(5)50(69-68-44)45(65-7)26-32(3)25-40-47(43(60)29-42(48(40)62)56-30-59)55-19-20-57-21-23-58(24-22-57)52(64)66-36-12-14-37-35(28-36)11-13-39-38(37)17-18-53(6)41(39)15-16-46(53)61/h8-10,12,14,27-30,32,34,38-39,41,44-46,49-50,55,61H,11,13,15-26H2,1-7H3,(H2,54,63)(H,56,59)/b10-8-,33-27+/t32-,34+,38?,39?,41?,44+,45+,46?,49?,50?,53?/m1/s1. The minimum atomic E-state index is -0.943. The molecular formula is C53H73N5O11. The quantitative estimate of drug-likeness (QED) is 0.0470. The van der Waals surface area contributed by atoms with Crippen molar-refractivity contribution in [3.8, 4) is 5.75 Å². The summed E-state index contributed by atoms with van der Waals surface area (Å²) in [7, 11) is 1.57. The number of piperazine rings is 1. The molecule has 2 heterocycles. The molecule has 0 spiro atoms. The first kappa shape index (κ1) is 51.7. The molecule has 11 atom stereocenters. The van der Waals surface area contributed by atoms with Crippen LogP contribution in [0.2, 0.25) is 0 Å². The van der Waals surface area contributed by atoms with Gasteiger partial charge in [0.1, 0.15) is 11.9 Å². The third-order valence-corrected chi connectivity index (χ3v) is 15.7. The molecule has 0 aromatic heterocycles. The Hall–Kier alpha value is -5.13. The predicted molar refractivity (Wildman–Crippen MR) is 258 cm³/mol. The Balaban J connectivity index is 0.935. The lowest BCUT2D eigenvalue weighted by Crippen LogP contribution is -2.50. The van der Waals surface area contributed by atoms with E-state index >= 15 is 0 Å². The predicted octanol–water partition coefficient (Wildman–Crippen LogP) is 6.34. The number of benzene rings is 1. The van der Waals surface area contributed by atoms with Gasteiger partial charge in [-0.1, -0.05) is 50.6 Å². The number of carbonyl (C=O) groups is 5. The molecule has 1 saturated heterocycles. The molecule has 69 heavy (non-hydrogen) atoms. The van der Waals surface area contributed by atoms with E-state index in [1.54, 1.807) is 24.2 Å². The van der Waals surface area contributed by atoms with Crippen LogP contribution >= 0.6 is 0 Å². The van der Waals surface area contributed by atoms with E-state index in [4.69, 9.17) is 29.7 Å². The van der Waals surface area contributed by atoms with Crippen LogP contribution in [0.15, 0.2) is 76.7 Å². The number of allylic oxidation sites excluding steroid dienone is 5. The highest BCUT2D eigenvalue weighted by molar-refractivity contribution is 6.22. The van der Waals surface area contributed by atoms with E-state index in [-0.39, 0.29) is 52.8 Å². The zero-order chi connectivity index (χ0) is 49.6. The summed E-state index contributed by atoms with van der Waals surface area (Å²) in [6.07, 6.45) is 11.4. The average molecular weight is 956 g/mol. The van der Waals surface area contributed by atoms with E-state index in [1.807, 2.05) is 52.8 Å². The number of methoxy groups -OCH3 is 1. The maximum Gasteiger partial charge on any atom is 0.415 e. The number of hydrogen-bond donors (Lipinski definition) is 4. The summed E-state index contributed by atoms with van der Waals surface area (Å²) in [5.41, 5.74) is 10.2. The van der Waals surface area contributed by atoms with E-state index in [2.05, 4.69) is 34.6 Å². The second-order valence-electron chi connectivity index (χ2n) is 20.6. The monoisotopic (exact) mass is 956 g/mol. The molecule has 6 aliphatic rings. The summed E-state index contributed by atoms with van der Waals surface area (Å²) in [5.74, 6) is 0.875. The van der Waals surface area contributed by atoms with Crippen molar-refractivity contribution in [1.82, 2.24) is 20.4 Å². The molecule has 1 aromatic rings. The van der Waals surface area contributed by atoms with Gasteiger partial charge in [-0.15, -0.1) is 0 Å². The second kappa shape index (κ2) is 22.7. The minimum Gasteiger partial charge on any atom is -0.439 e. The van der Waals surface area contributed by atoms with Gasteiger partial charge < -0.3 is 40.6 Å². The van der Waals surface area contributed by atoms with Crippen LogP contribution in [-0.4, -0.2) is 122 Å². The molecule has 3 fully saturated rings. The van der Waals surface area contributed by atoms with Crippen LogP contribution in [0, 0.1) is 29.1 Å². The largest absolute Gasteiger partial charge is 0.439 e. The lowest BCUT2D eigenvalue weighted by molar-refractivity contribution is -0.370. The van der Waals surface area contributed by atoms with Gasteiger partial charge in [0, 0.05) is 63.9 Å². The molecule has 7 unspecified atom stereocenters. The van der Waals surface area contributed by atoms with Gasteiger partial charge in [-0.2, -0.15) is 0 Å². The molecular weight excluding hydrogens is 883 g/mol. The average Bonchev–Trinajstić information content (AvgIpc) is 3.62. The first-order chi connectivity index (χ1) is 33.0. The summed E-state index contributed by atoms with van der Waals surface area (Å²) in [6, 6.07) is 6.15. The Bertz CT molecular complexity index is 2240. The summed E-state index contributed by atoms with van der Waals surface area (Å²) >= 11 is 0. The first-order valence-electron chi connectivity index (χ1n) is 24.8. The number of hydrogen-bond acceptors (Lipinski definition) is 13. The summed E-state index contributed by atoms with van der Waals surface area (Å²) in [6.45, 7) is 15.0. The van der Waals surface area contributed by atoms with Crippen LogP contribution in [0.1, 0.15) is 104 Å². The van der Waals surface area contributed by atoms with Crippen LogP contribution in [0.5, 0.6) is 5.75 Å². The number of carbonyl (C=O) groups excluding carboxylic acids is 5. The van der Waals surface area contributed by atoms with Crippen molar-refractivity contribution < 1.29 is 53.1 Å². The zero-order valence-corrected chi connectivity index (χ0v) is 41.4. The third-order valence-electron chi connectivity index (χ3n) is 15.7. The van der Waals surface area contributed by atoms with E-state index in [1.165, 1.54) is 11.1 Å². The van der Waals surface area contributed by atoms with Gasteiger partial charge >= 0.3 is 12.2 Å². The van der Waals surface area contributed by atoms with E-state index in [0.29, 0.717) is 75.6 Å². The van der Waals surface area contributed by atoms with Crippen molar-refractivity contribution >= 4 is 30.2 Å². The lowest BCUT2D eigenvalue weighted by atomic mass is 9.55. The molecule has 16 nitrogen and oxygen atoms in total. The zero-order valence-electron chi connectivity index (χ0n) is 41.4. The highest BCUT2D eigenvalue weighted by atomic mass is 17.2. The van der Waals surface area contributed by atoms with Crippen molar-refractivity contribution in [2.75, 3.05) is 46.4 Å². The number of nitrogens with zero attached hydrogens (tertiary/aromatic N) is 2. The number of amides is 3. The number of nitrogens with two attached hydrogens (primary N) is 1. The van der Waals surface area contributed by atoms with Crippen LogP contribution in [-0.2, 0) is 40.1 Å². The Kier molecular flexibility index (Phi) is 17.0. The minimum absolute atomic E-state index is 0.0339. The van der Waals surface area contributed by atoms with Gasteiger partial charge in [-0.05, 0) is 136 Å². The normalized spacial score (nSPS) is 31.2. The van der Waals surface area contributed by atoms with Crippen molar-refractivity contribution in [3.05, 3.63) is 87.8 Å². The molecule has 7 rings (SSSR count). The molecule has 0 radical (unpaired) electrons. The fraction of sp³-hybridized carbons (Fsp3) is 0.604. The number of nitrogens with one attached hydrogen (secondary N) is 2. The molecule has 1 aromatic carbocycles. The van der Waals surface area contributed by atoms with E-state index < -0.39 is 42.1 Å². The van der Waals surface area contributed by atoms with Crippen LogP contribution in [0.25, 0.3) is 0 Å². The molecule has 5 N–H and O–H groups in total. The molecule has 4 aliphatic carbocycles. The third kappa shape index (κ3) is 11.9. The maximum absolute atomic E-state index is 13.8. The molecule has 3 amide bonds. The number of aliphatic hydroxyl groups excluding tert-OH is 1. The molecule has 2 aliphatic heterocycles. The van der Waals surface area contributed by atoms with Crippen molar-refractivity contribution in [1.29, 1.82) is 0 Å². The van der Waals surface area contributed by atoms with Gasteiger partial charge in [0.05, 0.1) is 23.6 Å². The number of ketones is 2. The highest BCUT2D eigenvalue weighted by Crippen LogP contribution is 2.61. The molecule has 0 bridgehead atoms. The number of rotatable bonds is 16. The van der Waals surface area contributed by atoms with Gasteiger partial charge in [-0.3, -0.25) is 19.3 Å². The molecule has 2 saturated carbocycles. The number of primary amides is 1. The number of aryl methyl sites for hydroxylation is 1. The number of Topliss-reactive ketones (excluding diaryl/α,β-unsaturated/α-hetero) is 1. The number of aliphatic hydroxyl groups is 1. The Morgan fingerprint density at radius 2 is 1.86 bits per heavy atom. The summed E-state index contributed by atoms with van der Waals surface area (Å²) < 4.78 is 17.4. The summed E-state index contributed by atoms with van der Waals surface area (Å²) in [5, 5.41) is 16.4. The lowest BCUT2D eigenvalue weighted by Gasteiger charge is -2.50. The Labute approximate surface area is 406 Å². The van der Waals surface area contributed by atoms with Crippen molar-refractivity contribution in [3.63, 3.8) is 0 Å². The smallest absolute Gasteiger partial charge is 0.415 e. The van der Waals surface area contributed by atoms with Gasteiger partial charge in [0.2, 0.25) is 18.0 Å². The maximum atomic E-state index is 13.8. The van der Waals surface area contributed by atoms with Gasteiger partial charge in [0.15, 0.2) is 12.2 Å². The number of ether oxygens (including phenoxy) is 3. The molecule has 16 heteroatoms. The van der Waals surface area contributed by atoms with Crippen molar-refractivity contribution in [2.24, 2.45) is 34.8 Å². The van der Waals surface area contributed by atoms with E-state index in [9.17, 15) is 29.1 Å².